The number of amides is 1. The molecule has 1 aromatic carbocycles. The largest absolute Gasteiger partial charge is 0.353 e. The average molecular weight is 286 g/mol. The molecule has 110 valence electrons. The van der Waals surface area contributed by atoms with Gasteiger partial charge in [-0.3, -0.25) is 4.79 Å². The van der Waals surface area contributed by atoms with Crippen molar-refractivity contribution < 1.29 is 9.32 Å². The van der Waals surface area contributed by atoms with E-state index in [1.165, 1.54) is 6.92 Å². The van der Waals surface area contributed by atoms with E-state index >= 15 is 0 Å². The fourth-order valence-corrected chi connectivity index (χ4v) is 2.64. The maximum Gasteiger partial charge on any atom is 0.233 e. The van der Waals surface area contributed by atoms with E-state index in [2.05, 4.69) is 20.8 Å². The standard InChI is InChI=1S/C15H18N4O2/c1-10(20)17-13-7-8-16-9-12(13)15-18-14(19-21-15)11-5-3-2-4-6-11/h2-6,12-13,16H,7-9H2,1H3,(H,17,20)/t12-,13+/m1/s1. The molecule has 2 aromatic rings. The number of carbonyl (C=O) groups excluding carboxylic acids is 1. The lowest BCUT2D eigenvalue weighted by Gasteiger charge is -2.29. The molecule has 6 nitrogen and oxygen atoms in total. The molecule has 1 aromatic heterocycles. The Morgan fingerprint density at radius 1 is 1.38 bits per heavy atom. The van der Waals surface area contributed by atoms with Crippen molar-refractivity contribution in [2.45, 2.75) is 25.3 Å². The summed E-state index contributed by atoms with van der Waals surface area (Å²) in [5, 5.41) is 10.3. The highest BCUT2D eigenvalue weighted by Crippen LogP contribution is 2.25. The summed E-state index contributed by atoms with van der Waals surface area (Å²) in [4.78, 5) is 15.8. The van der Waals surface area contributed by atoms with Crippen LogP contribution in [0, 0.1) is 0 Å². The summed E-state index contributed by atoms with van der Waals surface area (Å²) < 4.78 is 5.42. The lowest BCUT2D eigenvalue weighted by atomic mass is 9.93. The van der Waals surface area contributed by atoms with E-state index in [0.717, 1.165) is 25.1 Å². The van der Waals surface area contributed by atoms with Crippen LogP contribution < -0.4 is 10.6 Å². The quantitative estimate of drug-likeness (QED) is 0.889. The second-order valence-electron chi connectivity index (χ2n) is 5.23. The smallest absolute Gasteiger partial charge is 0.233 e. The topological polar surface area (TPSA) is 80.0 Å². The fraction of sp³-hybridized carbons (Fsp3) is 0.400. The van der Waals surface area contributed by atoms with Crippen molar-refractivity contribution in [2.24, 2.45) is 0 Å². The third-order valence-corrected chi connectivity index (χ3v) is 3.66. The summed E-state index contributed by atoms with van der Waals surface area (Å²) in [7, 11) is 0. The Morgan fingerprint density at radius 3 is 2.95 bits per heavy atom. The summed E-state index contributed by atoms with van der Waals surface area (Å²) in [6, 6.07) is 9.75. The number of aromatic nitrogens is 2. The van der Waals surface area contributed by atoms with Crippen LogP contribution in [0.25, 0.3) is 11.4 Å². The average Bonchev–Trinajstić information content (AvgIpc) is 2.98. The van der Waals surface area contributed by atoms with Gasteiger partial charge in [0.05, 0.1) is 5.92 Å². The SMILES string of the molecule is CC(=O)N[C@H]1CCNC[C@H]1c1nc(-c2ccccc2)no1. The highest BCUT2D eigenvalue weighted by atomic mass is 16.5. The number of hydrogen-bond acceptors (Lipinski definition) is 5. The van der Waals surface area contributed by atoms with Gasteiger partial charge in [-0.25, -0.2) is 0 Å². The lowest BCUT2D eigenvalue weighted by Crippen LogP contribution is -2.47. The lowest BCUT2D eigenvalue weighted by molar-refractivity contribution is -0.120. The van der Waals surface area contributed by atoms with E-state index in [1.807, 2.05) is 30.3 Å². The van der Waals surface area contributed by atoms with E-state index in [0.29, 0.717) is 11.7 Å². The van der Waals surface area contributed by atoms with E-state index < -0.39 is 0 Å². The van der Waals surface area contributed by atoms with Crippen LogP contribution in [-0.2, 0) is 4.79 Å². The Labute approximate surface area is 122 Å². The maximum absolute atomic E-state index is 11.3. The normalized spacial score (nSPS) is 22.0. The zero-order valence-electron chi connectivity index (χ0n) is 11.9. The Hall–Kier alpha value is -2.21. The Balaban J connectivity index is 1.82. The molecule has 0 saturated carbocycles. The van der Waals surface area contributed by atoms with Gasteiger partial charge in [-0.2, -0.15) is 4.98 Å². The second kappa shape index (κ2) is 6.05. The van der Waals surface area contributed by atoms with Crippen molar-refractivity contribution in [3.63, 3.8) is 0 Å². The number of piperidine rings is 1. The highest BCUT2D eigenvalue weighted by molar-refractivity contribution is 5.73. The number of benzene rings is 1. The molecule has 2 atom stereocenters. The first-order valence-corrected chi connectivity index (χ1v) is 7.11. The van der Waals surface area contributed by atoms with Crippen LogP contribution in [0.1, 0.15) is 25.2 Å². The van der Waals surface area contributed by atoms with Crippen LogP contribution >= 0.6 is 0 Å². The van der Waals surface area contributed by atoms with Crippen LogP contribution in [0.3, 0.4) is 0 Å². The van der Waals surface area contributed by atoms with Gasteiger partial charge in [0.1, 0.15) is 0 Å². The molecule has 1 amide bonds. The van der Waals surface area contributed by atoms with Gasteiger partial charge in [-0.05, 0) is 13.0 Å². The number of hydrogen-bond donors (Lipinski definition) is 2. The van der Waals surface area contributed by atoms with Gasteiger partial charge in [-0.1, -0.05) is 35.5 Å². The molecule has 1 aliphatic heterocycles. The first-order chi connectivity index (χ1) is 10.2. The first-order valence-electron chi connectivity index (χ1n) is 7.11. The van der Waals surface area contributed by atoms with Crippen LogP contribution in [0.4, 0.5) is 0 Å². The number of nitrogens with zero attached hydrogens (tertiary/aromatic N) is 2. The molecule has 21 heavy (non-hydrogen) atoms. The molecular weight excluding hydrogens is 268 g/mol. The molecule has 6 heteroatoms. The minimum absolute atomic E-state index is 0.00705. The Bertz CT molecular complexity index is 611. The molecule has 0 radical (unpaired) electrons. The maximum atomic E-state index is 11.3. The van der Waals surface area contributed by atoms with E-state index in [9.17, 15) is 4.79 Å². The Morgan fingerprint density at radius 2 is 2.19 bits per heavy atom. The minimum Gasteiger partial charge on any atom is -0.353 e. The van der Waals surface area contributed by atoms with E-state index in [1.54, 1.807) is 0 Å². The molecule has 0 bridgehead atoms. The predicted octanol–water partition coefficient (Wildman–Crippen LogP) is 1.32. The van der Waals surface area contributed by atoms with Crippen molar-refractivity contribution in [3.8, 4) is 11.4 Å². The van der Waals surface area contributed by atoms with Gasteiger partial charge >= 0.3 is 0 Å². The van der Waals surface area contributed by atoms with Gasteiger partial charge in [0.15, 0.2) is 0 Å². The van der Waals surface area contributed by atoms with Crippen molar-refractivity contribution in [1.29, 1.82) is 0 Å². The Kier molecular flexibility index (Phi) is 3.96. The van der Waals surface area contributed by atoms with Crippen LogP contribution in [0.5, 0.6) is 0 Å². The molecular formula is C15H18N4O2. The van der Waals surface area contributed by atoms with Crippen molar-refractivity contribution in [3.05, 3.63) is 36.2 Å². The van der Waals surface area contributed by atoms with E-state index in [-0.39, 0.29) is 17.9 Å². The van der Waals surface area contributed by atoms with E-state index in [4.69, 9.17) is 4.52 Å². The molecule has 2 N–H and O–H groups in total. The number of nitrogens with one attached hydrogen (secondary N) is 2. The molecule has 0 aliphatic carbocycles. The van der Waals surface area contributed by atoms with Crippen LogP contribution in [0.15, 0.2) is 34.9 Å². The zero-order chi connectivity index (χ0) is 14.7. The molecule has 1 saturated heterocycles. The summed E-state index contributed by atoms with van der Waals surface area (Å²) in [5.41, 5.74) is 0.923. The molecule has 3 rings (SSSR count). The molecule has 1 aliphatic rings. The highest BCUT2D eigenvalue weighted by Gasteiger charge is 2.31. The van der Waals surface area contributed by atoms with Gasteiger partial charge in [0, 0.05) is 25.1 Å². The monoisotopic (exact) mass is 286 g/mol. The minimum atomic E-state index is -0.0327. The summed E-state index contributed by atoms with van der Waals surface area (Å²) in [6.07, 6.45) is 0.854. The third kappa shape index (κ3) is 3.11. The fourth-order valence-electron chi connectivity index (χ4n) is 2.64. The number of carbonyl (C=O) groups is 1. The first kappa shape index (κ1) is 13.8. The predicted molar refractivity (Wildman–Crippen MR) is 77.6 cm³/mol. The molecule has 2 heterocycles. The summed E-state index contributed by atoms with van der Waals surface area (Å²) in [5.74, 6) is 1.12. The zero-order valence-corrected chi connectivity index (χ0v) is 11.9. The second-order valence-corrected chi connectivity index (χ2v) is 5.23. The van der Waals surface area contributed by atoms with Crippen LogP contribution in [0.2, 0.25) is 0 Å². The van der Waals surface area contributed by atoms with Crippen molar-refractivity contribution in [2.75, 3.05) is 13.1 Å². The molecule has 0 unspecified atom stereocenters. The summed E-state index contributed by atoms with van der Waals surface area (Å²) in [6.45, 7) is 3.13. The van der Waals surface area contributed by atoms with Gasteiger partial charge in [0.25, 0.3) is 0 Å². The van der Waals surface area contributed by atoms with Gasteiger partial charge < -0.3 is 15.2 Å². The third-order valence-electron chi connectivity index (χ3n) is 3.66. The van der Waals surface area contributed by atoms with Gasteiger partial charge in [0.2, 0.25) is 17.6 Å². The molecule has 1 fully saturated rings. The molecule has 0 spiro atoms. The van der Waals surface area contributed by atoms with Gasteiger partial charge in [-0.15, -0.1) is 0 Å². The van der Waals surface area contributed by atoms with Crippen LogP contribution in [-0.4, -0.2) is 35.2 Å². The van der Waals surface area contributed by atoms with Crippen molar-refractivity contribution >= 4 is 5.91 Å². The summed E-state index contributed by atoms with van der Waals surface area (Å²) >= 11 is 0. The van der Waals surface area contributed by atoms with Crippen molar-refractivity contribution in [1.82, 2.24) is 20.8 Å². The number of rotatable bonds is 3.